The van der Waals surface area contributed by atoms with E-state index in [9.17, 15) is 4.79 Å². The Kier molecular flexibility index (Phi) is 2.59. The number of amides is 2. The van der Waals surface area contributed by atoms with Crippen molar-refractivity contribution in [1.82, 2.24) is 9.88 Å². The van der Waals surface area contributed by atoms with Crippen LogP contribution in [0.1, 0.15) is 18.4 Å². The van der Waals surface area contributed by atoms with Crippen molar-refractivity contribution in [2.75, 3.05) is 25.1 Å². The number of nitrogens with one attached hydrogen (secondary N) is 1. The van der Waals surface area contributed by atoms with Crippen LogP contribution in [0.4, 0.5) is 10.6 Å². The Morgan fingerprint density at radius 1 is 1.50 bits per heavy atom. The van der Waals surface area contributed by atoms with Crippen LogP contribution in [0.5, 0.6) is 0 Å². The zero-order valence-corrected chi connectivity index (χ0v) is 10.1. The van der Waals surface area contributed by atoms with E-state index in [-0.39, 0.29) is 11.6 Å². The fraction of sp³-hybridized carbons (Fsp3) is 0.500. The van der Waals surface area contributed by atoms with Gasteiger partial charge in [-0.3, -0.25) is 0 Å². The number of hydrogen-bond donors (Lipinski definition) is 2. The van der Waals surface area contributed by atoms with Crippen molar-refractivity contribution >= 4 is 11.8 Å². The third-order valence-corrected chi connectivity index (χ3v) is 3.77. The molecule has 2 aliphatic rings. The van der Waals surface area contributed by atoms with Gasteiger partial charge in [-0.1, -0.05) is 6.07 Å². The van der Waals surface area contributed by atoms with Gasteiger partial charge in [0.05, 0.1) is 0 Å². The fourth-order valence-corrected chi connectivity index (χ4v) is 2.74. The third kappa shape index (κ3) is 1.69. The smallest absolute Gasteiger partial charge is 0.314 e. The average Bonchev–Trinajstić information content (AvgIpc) is 2.40. The molecule has 0 bridgehead atoms. The van der Waals surface area contributed by atoms with Gasteiger partial charge in [0.15, 0.2) is 0 Å². The number of ether oxygens (including phenoxy) is 1. The van der Waals surface area contributed by atoms with Crippen molar-refractivity contribution in [3.05, 3.63) is 23.9 Å². The molecule has 0 aliphatic carbocycles. The van der Waals surface area contributed by atoms with E-state index in [2.05, 4.69) is 10.3 Å². The standard InChI is InChI=1S/C12H16N4O2/c13-11(17)16-6-3-12(4-7-16)9-2-1-5-14-10(9)15-8-18-12/h1-2,5H,3-4,6-8H2,(H2,13,17)(H,14,15). The monoisotopic (exact) mass is 248 g/mol. The second-order valence-electron chi connectivity index (χ2n) is 4.68. The quantitative estimate of drug-likeness (QED) is 0.713. The Bertz CT molecular complexity index is 469. The lowest BCUT2D eigenvalue weighted by molar-refractivity contribution is -0.0825. The van der Waals surface area contributed by atoms with E-state index in [1.54, 1.807) is 11.1 Å². The van der Waals surface area contributed by atoms with E-state index in [4.69, 9.17) is 10.5 Å². The number of nitrogens with two attached hydrogens (primary N) is 1. The lowest BCUT2D eigenvalue weighted by Crippen LogP contribution is -2.50. The topological polar surface area (TPSA) is 80.5 Å². The molecule has 3 heterocycles. The Morgan fingerprint density at radius 3 is 3.00 bits per heavy atom. The highest BCUT2D eigenvalue weighted by atomic mass is 16.5. The molecule has 0 saturated carbocycles. The van der Waals surface area contributed by atoms with Crippen molar-refractivity contribution in [3.8, 4) is 0 Å². The van der Waals surface area contributed by atoms with Gasteiger partial charge in [-0.05, 0) is 18.9 Å². The highest BCUT2D eigenvalue weighted by Gasteiger charge is 2.41. The fourth-order valence-electron chi connectivity index (χ4n) is 2.74. The van der Waals surface area contributed by atoms with Crippen molar-refractivity contribution in [3.63, 3.8) is 0 Å². The summed E-state index contributed by atoms with van der Waals surface area (Å²) in [5.74, 6) is 0.885. The number of fused-ring (bicyclic) bond motifs is 2. The van der Waals surface area contributed by atoms with Gasteiger partial charge in [0.2, 0.25) is 0 Å². The summed E-state index contributed by atoms with van der Waals surface area (Å²) in [7, 11) is 0. The largest absolute Gasteiger partial charge is 0.351 e. The molecule has 0 radical (unpaired) electrons. The average molecular weight is 248 g/mol. The van der Waals surface area contributed by atoms with E-state index in [0.717, 1.165) is 24.2 Å². The molecule has 6 heteroatoms. The molecule has 0 unspecified atom stereocenters. The Labute approximate surface area is 105 Å². The minimum absolute atomic E-state index is 0.319. The van der Waals surface area contributed by atoms with Crippen molar-refractivity contribution in [1.29, 1.82) is 0 Å². The summed E-state index contributed by atoms with van der Waals surface area (Å²) in [4.78, 5) is 17.1. The number of aromatic nitrogens is 1. The summed E-state index contributed by atoms with van der Waals surface area (Å²) in [6, 6.07) is 3.59. The molecule has 2 aliphatic heterocycles. The highest BCUT2D eigenvalue weighted by molar-refractivity contribution is 5.72. The van der Waals surface area contributed by atoms with Gasteiger partial charge in [-0.2, -0.15) is 0 Å². The summed E-state index contributed by atoms with van der Waals surface area (Å²) >= 11 is 0. The minimum atomic E-state index is -0.356. The lowest BCUT2D eigenvalue weighted by Gasteiger charge is -2.44. The molecule has 3 N–H and O–H groups in total. The molecule has 1 fully saturated rings. The summed E-state index contributed by atoms with van der Waals surface area (Å²) < 4.78 is 5.93. The molecular weight excluding hydrogens is 232 g/mol. The van der Waals surface area contributed by atoms with Gasteiger partial charge in [0.1, 0.15) is 18.1 Å². The van der Waals surface area contributed by atoms with Gasteiger partial charge < -0.3 is 20.7 Å². The number of piperidine rings is 1. The first-order valence-corrected chi connectivity index (χ1v) is 6.09. The molecule has 1 spiro atoms. The number of nitrogens with zero attached hydrogens (tertiary/aromatic N) is 2. The Morgan fingerprint density at radius 2 is 2.28 bits per heavy atom. The van der Waals surface area contributed by atoms with Crippen LogP contribution in [0.2, 0.25) is 0 Å². The number of pyridine rings is 1. The van der Waals surface area contributed by atoms with Gasteiger partial charge in [0, 0.05) is 24.8 Å². The number of likely N-dealkylation sites (tertiary alicyclic amines) is 1. The molecule has 1 aromatic rings. The maximum atomic E-state index is 11.2. The van der Waals surface area contributed by atoms with Crippen molar-refractivity contribution in [2.24, 2.45) is 5.73 Å². The van der Waals surface area contributed by atoms with Crippen molar-refractivity contribution in [2.45, 2.75) is 18.4 Å². The van der Waals surface area contributed by atoms with E-state index in [0.29, 0.717) is 19.8 Å². The number of urea groups is 1. The molecule has 1 aromatic heterocycles. The van der Waals surface area contributed by atoms with Crippen LogP contribution in [0, 0.1) is 0 Å². The van der Waals surface area contributed by atoms with Crippen LogP contribution in [0.15, 0.2) is 18.3 Å². The van der Waals surface area contributed by atoms with Crippen LogP contribution in [0.25, 0.3) is 0 Å². The van der Waals surface area contributed by atoms with Crippen molar-refractivity contribution < 1.29 is 9.53 Å². The van der Waals surface area contributed by atoms with E-state index >= 15 is 0 Å². The normalized spacial score (nSPS) is 21.2. The van der Waals surface area contributed by atoms with Crippen LogP contribution in [0.3, 0.4) is 0 Å². The minimum Gasteiger partial charge on any atom is -0.351 e. The number of carbonyl (C=O) groups excluding carboxylic acids is 1. The zero-order chi connectivity index (χ0) is 12.6. The molecule has 96 valence electrons. The van der Waals surface area contributed by atoms with Crippen LogP contribution >= 0.6 is 0 Å². The first-order valence-electron chi connectivity index (χ1n) is 6.09. The molecule has 2 amide bonds. The third-order valence-electron chi connectivity index (χ3n) is 3.77. The summed E-state index contributed by atoms with van der Waals surface area (Å²) in [6.45, 7) is 1.72. The van der Waals surface area contributed by atoms with E-state index in [1.165, 1.54) is 0 Å². The molecule has 0 atom stereocenters. The molecule has 3 rings (SSSR count). The number of carbonyl (C=O) groups is 1. The Balaban J connectivity index is 1.88. The SMILES string of the molecule is NC(=O)N1CCC2(CC1)OCNc1ncccc12. The molecule has 1 saturated heterocycles. The summed E-state index contributed by atoms with van der Waals surface area (Å²) in [5, 5.41) is 3.13. The maximum Gasteiger partial charge on any atom is 0.314 e. The first-order chi connectivity index (χ1) is 8.71. The number of anilines is 1. The summed E-state index contributed by atoms with van der Waals surface area (Å²) in [6.07, 6.45) is 3.29. The molecule has 18 heavy (non-hydrogen) atoms. The predicted molar refractivity (Wildman–Crippen MR) is 65.9 cm³/mol. The number of primary amides is 1. The Hall–Kier alpha value is -1.82. The predicted octanol–water partition coefficient (Wildman–Crippen LogP) is 0.851. The first kappa shape index (κ1) is 11.3. The van der Waals surface area contributed by atoms with Gasteiger partial charge in [-0.15, -0.1) is 0 Å². The maximum absolute atomic E-state index is 11.2. The molecular formula is C12H16N4O2. The highest BCUT2D eigenvalue weighted by Crippen LogP contribution is 2.41. The van der Waals surface area contributed by atoms with Crippen LogP contribution in [-0.2, 0) is 10.3 Å². The van der Waals surface area contributed by atoms with E-state index < -0.39 is 0 Å². The molecule has 0 aromatic carbocycles. The van der Waals surface area contributed by atoms with Crippen LogP contribution < -0.4 is 11.1 Å². The number of rotatable bonds is 0. The second-order valence-corrected chi connectivity index (χ2v) is 4.68. The van der Waals surface area contributed by atoms with Gasteiger partial charge in [-0.25, -0.2) is 9.78 Å². The van der Waals surface area contributed by atoms with Gasteiger partial charge >= 0.3 is 6.03 Å². The van der Waals surface area contributed by atoms with Crippen LogP contribution in [-0.4, -0.2) is 35.7 Å². The zero-order valence-electron chi connectivity index (χ0n) is 10.1. The molecule has 6 nitrogen and oxygen atoms in total. The second kappa shape index (κ2) is 4.13. The van der Waals surface area contributed by atoms with E-state index in [1.807, 2.05) is 12.1 Å². The van der Waals surface area contributed by atoms with Gasteiger partial charge in [0.25, 0.3) is 0 Å². The number of hydrogen-bond acceptors (Lipinski definition) is 4. The lowest BCUT2D eigenvalue weighted by atomic mass is 9.83. The summed E-state index contributed by atoms with van der Waals surface area (Å²) in [5.41, 5.74) is 6.07.